The van der Waals surface area contributed by atoms with E-state index in [1.807, 2.05) is 30.6 Å². The number of nitrogens with two attached hydrogens (primary N) is 1. The van der Waals surface area contributed by atoms with E-state index in [1.54, 1.807) is 17.5 Å². The fourth-order valence-corrected chi connectivity index (χ4v) is 2.60. The third-order valence-corrected chi connectivity index (χ3v) is 3.53. The molecule has 1 unspecified atom stereocenters. The largest absolute Gasteiger partial charge is 0.403 e. The van der Waals surface area contributed by atoms with E-state index in [0.29, 0.717) is 0 Å². The third kappa shape index (κ3) is 2.65. The van der Waals surface area contributed by atoms with Gasteiger partial charge in [-0.3, -0.25) is 0 Å². The van der Waals surface area contributed by atoms with Crippen molar-refractivity contribution in [2.24, 2.45) is 5.73 Å². The van der Waals surface area contributed by atoms with Crippen molar-refractivity contribution < 1.29 is 0 Å². The lowest BCUT2D eigenvalue weighted by molar-refractivity contribution is 0.734. The lowest BCUT2D eigenvalue weighted by atomic mass is 10.0. The Kier molecular flexibility index (Phi) is 3.77. The first-order chi connectivity index (χ1) is 8.33. The highest BCUT2D eigenvalue weighted by atomic mass is 32.1. The Labute approximate surface area is 105 Å². The zero-order chi connectivity index (χ0) is 12.1. The number of hydrogen-bond donors (Lipinski definition) is 2. The van der Waals surface area contributed by atoms with Crippen LogP contribution in [-0.4, -0.2) is 4.98 Å². The molecule has 0 aliphatic carbocycles. The van der Waals surface area contributed by atoms with E-state index in [1.165, 1.54) is 16.6 Å². The lowest BCUT2D eigenvalue weighted by Crippen LogP contribution is -2.17. The molecule has 1 heterocycles. The molecule has 0 radical (unpaired) electrons. The van der Waals surface area contributed by atoms with Crippen molar-refractivity contribution in [1.29, 1.82) is 0 Å². The van der Waals surface area contributed by atoms with Gasteiger partial charge in [0.2, 0.25) is 0 Å². The minimum Gasteiger partial charge on any atom is -0.403 e. The minimum absolute atomic E-state index is 0.114. The molecule has 2 aromatic rings. The topological polar surface area (TPSA) is 50.9 Å². The van der Waals surface area contributed by atoms with E-state index in [4.69, 9.17) is 5.73 Å². The summed E-state index contributed by atoms with van der Waals surface area (Å²) in [7, 11) is 0. The Bertz CT molecular complexity index is 490. The number of aromatic nitrogens is 1. The Balaban J connectivity index is 2.35. The van der Waals surface area contributed by atoms with E-state index in [9.17, 15) is 0 Å². The van der Waals surface area contributed by atoms with Crippen molar-refractivity contribution in [2.45, 2.75) is 13.0 Å². The summed E-state index contributed by atoms with van der Waals surface area (Å²) < 4.78 is 0. The SMILES string of the molecule is Cc1ncsc1C(N/C=C\N)c1ccccc1. The number of hydrogen-bond acceptors (Lipinski definition) is 4. The third-order valence-electron chi connectivity index (χ3n) is 2.54. The molecule has 88 valence electrons. The minimum atomic E-state index is 0.114. The standard InChI is InChI=1S/C13H15N3S/c1-10-13(17-9-16-10)12(15-8-7-14)11-5-3-2-4-6-11/h2-9,12,15H,14H2,1H3/b8-7-. The lowest BCUT2D eigenvalue weighted by Gasteiger charge is -2.16. The molecule has 3 N–H and O–H groups in total. The van der Waals surface area contributed by atoms with Crippen LogP contribution >= 0.6 is 11.3 Å². The summed E-state index contributed by atoms with van der Waals surface area (Å²) in [6.07, 6.45) is 3.27. The first-order valence-electron chi connectivity index (χ1n) is 5.40. The quantitative estimate of drug-likeness (QED) is 0.870. The van der Waals surface area contributed by atoms with Gasteiger partial charge < -0.3 is 11.1 Å². The molecular formula is C13H15N3S. The predicted octanol–water partition coefficient (Wildman–Crippen LogP) is 2.56. The summed E-state index contributed by atoms with van der Waals surface area (Å²) in [6.45, 7) is 2.02. The van der Waals surface area contributed by atoms with E-state index in [0.717, 1.165) is 5.69 Å². The van der Waals surface area contributed by atoms with Gasteiger partial charge >= 0.3 is 0 Å². The summed E-state index contributed by atoms with van der Waals surface area (Å²) in [5.74, 6) is 0. The molecular weight excluding hydrogens is 230 g/mol. The van der Waals surface area contributed by atoms with Crippen LogP contribution < -0.4 is 11.1 Å². The van der Waals surface area contributed by atoms with Crippen LogP contribution in [0.3, 0.4) is 0 Å². The number of nitrogens with zero attached hydrogens (tertiary/aromatic N) is 1. The van der Waals surface area contributed by atoms with Crippen LogP contribution in [0.5, 0.6) is 0 Å². The van der Waals surface area contributed by atoms with Gasteiger partial charge in [0.05, 0.1) is 22.1 Å². The van der Waals surface area contributed by atoms with Crippen molar-refractivity contribution in [1.82, 2.24) is 10.3 Å². The maximum atomic E-state index is 5.39. The zero-order valence-electron chi connectivity index (χ0n) is 9.63. The van der Waals surface area contributed by atoms with E-state index in [2.05, 4.69) is 22.4 Å². The normalized spacial score (nSPS) is 12.8. The molecule has 4 heteroatoms. The molecule has 0 spiro atoms. The molecule has 0 aliphatic rings. The fraction of sp³-hybridized carbons (Fsp3) is 0.154. The summed E-state index contributed by atoms with van der Waals surface area (Å²) >= 11 is 1.65. The van der Waals surface area contributed by atoms with Crippen molar-refractivity contribution in [3.05, 3.63) is 64.4 Å². The highest BCUT2D eigenvalue weighted by Gasteiger charge is 2.16. The molecule has 0 saturated carbocycles. The molecule has 0 aliphatic heterocycles. The second-order valence-corrected chi connectivity index (χ2v) is 4.56. The first kappa shape index (κ1) is 11.7. The van der Waals surface area contributed by atoms with Crippen LogP contribution in [0.15, 0.2) is 48.2 Å². The smallest absolute Gasteiger partial charge is 0.0875 e. The molecule has 0 fully saturated rings. The monoisotopic (exact) mass is 245 g/mol. The van der Waals surface area contributed by atoms with Crippen molar-refractivity contribution >= 4 is 11.3 Å². The molecule has 1 atom stereocenters. The molecule has 0 saturated heterocycles. The summed E-state index contributed by atoms with van der Waals surface area (Å²) in [5.41, 5.74) is 9.52. The number of nitrogens with one attached hydrogen (secondary N) is 1. The first-order valence-corrected chi connectivity index (χ1v) is 6.28. The van der Waals surface area contributed by atoms with Gasteiger partial charge in [-0.2, -0.15) is 0 Å². The van der Waals surface area contributed by atoms with Gasteiger partial charge in [-0.15, -0.1) is 11.3 Å². The predicted molar refractivity (Wildman–Crippen MR) is 71.6 cm³/mol. The Morgan fingerprint density at radius 3 is 2.71 bits per heavy atom. The van der Waals surface area contributed by atoms with Gasteiger partial charge in [0.1, 0.15) is 0 Å². The van der Waals surface area contributed by atoms with Gasteiger partial charge in [0.15, 0.2) is 0 Å². The molecule has 2 rings (SSSR count). The van der Waals surface area contributed by atoms with Crippen LogP contribution in [-0.2, 0) is 0 Å². The Morgan fingerprint density at radius 2 is 2.12 bits per heavy atom. The van der Waals surface area contributed by atoms with Gasteiger partial charge in [0, 0.05) is 12.4 Å². The summed E-state index contributed by atoms with van der Waals surface area (Å²) in [5, 5.41) is 3.29. The summed E-state index contributed by atoms with van der Waals surface area (Å²) in [6, 6.07) is 10.4. The number of rotatable bonds is 4. The fourth-order valence-electron chi connectivity index (χ4n) is 1.71. The average Bonchev–Trinajstić information content (AvgIpc) is 2.78. The van der Waals surface area contributed by atoms with E-state index < -0.39 is 0 Å². The Hall–Kier alpha value is -1.81. The van der Waals surface area contributed by atoms with Gasteiger partial charge in [-0.25, -0.2) is 4.98 Å². The van der Waals surface area contributed by atoms with Crippen LogP contribution in [0.4, 0.5) is 0 Å². The second-order valence-electron chi connectivity index (χ2n) is 3.67. The highest BCUT2D eigenvalue weighted by molar-refractivity contribution is 7.09. The van der Waals surface area contributed by atoms with Crippen LogP contribution in [0.25, 0.3) is 0 Å². The molecule has 1 aromatic heterocycles. The number of aryl methyl sites for hydroxylation is 1. The van der Waals surface area contributed by atoms with Crippen LogP contribution in [0.2, 0.25) is 0 Å². The average molecular weight is 245 g/mol. The van der Waals surface area contributed by atoms with Crippen LogP contribution in [0.1, 0.15) is 22.2 Å². The van der Waals surface area contributed by atoms with Gasteiger partial charge in [-0.1, -0.05) is 30.3 Å². The molecule has 0 bridgehead atoms. The highest BCUT2D eigenvalue weighted by Crippen LogP contribution is 2.27. The number of benzene rings is 1. The van der Waals surface area contributed by atoms with Crippen molar-refractivity contribution in [2.75, 3.05) is 0 Å². The van der Waals surface area contributed by atoms with Gasteiger partial charge in [-0.05, 0) is 12.5 Å². The maximum absolute atomic E-state index is 5.39. The maximum Gasteiger partial charge on any atom is 0.0875 e. The molecule has 0 amide bonds. The zero-order valence-corrected chi connectivity index (χ0v) is 10.4. The number of thiazole rings is 1. The van der Waals surface area contributed by atoms with E-state index in [-0.39, 0.29) is 6.04 Å². The van der Waals surface area contributed by atoms with Crippen LogP contribution in [0, 0.1) is 6.92 Å². The van der Waals surface area contributed by atoms with E-state index >= 15 is 0 Å². The molecule has 17 heavy (non-hydrogen) atoms. The van der Waals surface area contributed by atoms with Crippen molar-refractivity contribution in [3.63, 3.8) is 0 Å². The van der Waals surface area contributed by atoms with Crippen molar-refractivity contribution in [3.8, 4) is 0 Å². The van der Waals surface area contributed by atoms with Gasteiger partial charge in [0.25, 0.3) is 0 Å². The molecule has 3 nitrogen and oxygen atoms in total. The molecule has 1 aromatic carbocycles. The second kappa shape index (κ2) is 5.50. The summed E-state index contributed by atoms with van der Waals surface area (Å²) in [4.78, 5) is 5.51. The Morgan fingerprint density at radius 1 is 1.35 bits per heavy atom.